The lowest BCUT2D eigenvalue weighted by Gasteiger charge is -2.29. The molecule has 7 nitrogen and oxygen atoms in total. The third-order valence-electron chi connectivity index (χ3n) is 5.30. The topological polar surface area (TPSA) is 86.5 Å². The molecule has 2 amide bonds. The highest BCUT2D eigenvalue weighted by Gasteiger charge is 2.22. The number of hydrogen-bond donors (Lipinski definition) is 3. The van der Waals surface area contributed by atoms with Crippen molar-refractivity contribution in [2.45, 2.75) is 19.4 Å². The standard InChI is InChI=1S/C23H26N4O3/c1-16(28)25-22(14-17-15-24-21-5-3-2-4-20(17)21)23(29)26-18-6-8-19(9-7-18)27-10-12-30-13-11-27/h2-9,15,22,24H,10-14H2,1H3,(H,25,28)(H,26,29). The van der Waals surface area contributed by atoms with Crippen LogP contribution < -0.4 is 15.5 Å². The van der Waals surface area contributed by atoms with Gasteiger partial charge in [-0.15, -0.1) is 0 Å². The minimum absolute atomic E-state index is 0.238. The largest absolute Gasteiger partial charge is 0.378 e. The van der Waals surface area contributed by atoms with Crippen LogP contribution >= 0.6 is 0 Å². The van der Waals surface area contributed by atoms with Crippen molar-refractivity contribution in [2.75, 3.05) is 36.5 Å². The molecule has 0 radical (unpaired) electrons. The highest BCUT2D eigenvalue weighted by Crippen LogP contribution is 2.21. The number of fused-ring (bicyclic) bond motifs is 1. The van der Waals surface area contributed by atoms with Gasteiger partial charge in [-0.2, -0.15) is 0 Å². The smallest absolute Gasteiger partial charge is 0.247 e. The number of carbonyl (C=O) groups excluding carboxylic acids is 2. The fraction of sp³-hybridized carbons (Fsp3) is 0.304. The zero-order valence-electron chi connectivity index (χ0n) is 17.0. The van der Waals surface area contributed by atoms with Gasteiger partial charge in [-0.1, -0.05) is 18.2 Å². The van der Waals surface area contributed by atoms with Gasteiger partial charge in [0.05, 0.1) is 13.2 Å². The molecule has 2 heterocycles. The van der Waals surface area contributed by atoms with Crippen molar-refractivity contribution in [2.24, 2.45) is 0 Å². The molecule has 3 aromatic rings. The first-order valence-electron chi connectivity index (χ1n) is 10.2. The second kappa shape index (κ2) is 9.00. The summed E-state index contributed by atoms with van der Waals surface area (Å²) in [4.78, 5) is 30.1. The Morgan fingerprint density at radius 3 is 2.57 bits per heavy atom. The van der Waals surface area contributed by atoms with Crippen LogP contribution in [-0.2, 0) is 20.7 Å². The van der Waals surface area contributed by atoms with E-state index >= 15 is 0 Å². The van der Waals surface area contributed by atoms with Crippen LogP contribution in [0.3, 0.4) is 0 Å². The number of nitrogens with one attached hydrogen (secondary N) is 3. The lowest BCUT2D eigenvalue weighted by molar-refractivity contribution is -0.125. The average Bonchev–Trinajstić information content (AvgIpc) is 3.17. The molecular formula is C23H26N4O3. The Bertz CT molecular complexity index is 1020. The average molecular weight is 406 g/mol. The summed E-state index contributed by atoms with van der Waals surface area (Å²) in [5.74, 6) is -0.479. The summed E-state index contributed by atoms with van der Waals surface area (Å²) in [6.07, 6.45) is 2.30. The van der Waals surface area contributed by atoms with Crippen LogP contribution in [0.1, 0.15) is 12.5 Å². The predicted molar refractivity (Wildman–Crippen MR) is 118 cm³/mol. The number of morpholine rings is 1. The lowest BCUT2D eigenvalue weighted by Crippen LogP contribution is -2.44. The molecule has 1 saturated heterocycles. The van der Waals surface area contributed by atoms with Crippen molar-refractivity contribution in [3.05, 3.63) is 60.3 Å². The van der Waals surface area contributed by atoms with Crippen molar-refractivity contribution in [3.63, 3.8) is 0 Å². The Labute approximate surface area is 175 Å². The van der Waals surface area contributed by atoms with Gasteiger partial charge in [0.25, 0.3) is 0 Å². The van der Waals surface area contributed by atoms with Crippen LogP contribution in [-0.4, -0.2) is 49.1 Å². The number of aromatic nitrogens is 1. The number of amides is 2. The van der Waals surface area contributed by atoms with E-state index in [0.29, 0.717) is 12.1 Å². The lowest BCUT2D eigenvalue weighted by atomic mass is 10.0. The van der Waals surface area contributed by atoms with E-state index in [1.165, 1.54) is 6.92 Å². The Morgan fingerprint density at radius 1 is 1.10 bits per heavy atom. The summed E-state index contributed by atoms with van der Waals surface area (Å²) in [5, 5.41) is 6.76. The molecule has 1 aromatic heterocycles. The van der Waals surface area contributed by atoms with Crippen molar-refractivity contribution in [1.82, 2.24) is 10.3 Å². The molecule has 0 spiro atoms. The second-order valence-corrected chi connectivity index (χ2v) is 7.45. The molecule has 3 N–H and O–H groups in total. The molecule has 156 valence electrons. The van der Waals surface area contributed by atoms with Crippen molar-refractivity contribution >= 4 is 34.1 Å². The van der Waals surface area contributed by atoms with E-state index in [1.807, 2.05) is 54.7 Å². The number of H-pyrrole nitrogens is 1. The van der Waals surface area contributed by atoms with E-state index in [0.717, 1.165) is 48.5 Å². The summed E-state index contributed by atoms with van der Waals surface area (Å²) < 4.78 is 5.39. The first kappa shape index (κ1) is 20.0. The van der Waals surface area contributed by atoms with Gasteiger partial charge in [0.1, 0.15) is 6.04 Å². The molecule has 1 aliphatic rings. The number of rotatable bonds is 6. The highest BCUT2D eigenvalue weighted by atomic mass is 16.5. The number of nitrogens with zero attached hydrogens (tertiary/aromatic N) is 1. The first-order valence-corrected chi connectivity index (χ1v) is 10.2. The van der Waals surface area contributed by atoms with Crippen molar-refractivity contribution in [3.8, 4) is 0 Å². The van der Waals surface area contributed by atoms with Crippen LogP contribution in [0, 0.1) is 0 Å². The first-order chi connectivity index (χ1) is 14.6. The minimum atomic E-state index is -0.666. The molecule has 1 fully saturated rings. The molecule has 1 atom stereocenters. The molecule has 4 rings (SSSR count). The van der Waals surface area contributed by atoms with Crippen LogP contribution in [0.5, 0.6) is 0 Å². The van der Waals surface area contributed by atoms with E-state index < -0.39 is 6.04 Å². The molecule has 0 saturated carbocycles. The van der Waals surface area contributed by atoms with Crippen molar-refractivity contribution in [1.29, 1.82) is 0 Å². The quantitative estimate of drug-likeness (QED) is 0.588. The van der Waals surface area contributed by atoms with E-state index in [9.17, 15) is 9.59 Å². The molecule has 0 aliphatic carbocycles. The van der Waals surface area contributed by atoms with Crippen LogP contribution in [0.4, 0.5) is 11.4 Å². The zero-order valence-corrected chi connectivity index (χ0v) is 17.0. The molecule has 7 heteroatoms. The fourth-order valence-electron chi connectivity index (χ4n) is 3.78. The van der Waals surface area contributed by atoms with Crippen LogP contribution in [0.2, 0.25) is 0 Å². The van der Waals surface area contributed by atoms with Gasteiger partial charge in [0.15, 0.2) is 0 Å². The summed E-state index contributed by atoms with van der Waals surface area (Å²) in [5.41, 5.74) is 3.80. The SMILES string of the molecule is CC(=O)NC(Cc1c[nH]c2ccccc12)C(=O)Nc1ccc(N2CCOCC2)cc1. The molecule has 30 heavy (non-hydrogen) atoms. The third kappa shape index (κ3) is 4.63. The number of carbonyl (C=O) groups is 2. The number of benzene rings is 2. The van der Waals surface area contributed by atoms with E-state index in [1.54, 1.807) is 0 Å². The highest BCUT2D eigenvalue weighted by molar-refractivity contribution is 5.97. The number of anilines is 2. The Balaban J connectivity index is 1.46. The summed E-state index contributed by atoms with van der Waals surface area (Å²) >= 11 is 0. The molecule has 0 bridgehead atoms. The number of para-hydroxylation sites is 1. The van der Waals surface area contributed by atoms with E-state index in [-0.39, 0.29) is 11.8 Å². The molecule has 2 aromatic carbocycles. The second-order valence-electron chi connectivity index (χ2n) is 7.45. The third-order valence-corrected chi connectivity index (χ3v) is 5.30. The monoisotopic (exact) mass is 406 g/mol. The maximum absolute atomic E-state index is 12.9. The van der Waals surface area contributed by atoms with Gasteiger partial charge in [0.2, 0.25) is 11.8 Å². The molecular weight excluding hydrogens is 380 g/mol. The predicted octanol–water partition coefficient (Wildman–Crippen LogP) is 2.69. The summed E-state index contributed by atoms with van der Waals surface area (Å²) in [6, 6.07) is 15.0. The van der Waals surface area contributed by atoms with Gasteiger partial charge < -0.3 is 25.3 Å². The van der Waals surface area contributed by atoms with Gasteiger partial charge in [-0.05, 0) is 35.9 Å². The summed E-state index contributed by atoms with van der Waals surface area (Å²) in [7, 11) is 0. The zero-order chi connectivity index (χ0) is 20.9. The summed E-state index contributed by atoms with van der Waals surface area (Å²) in [6.45, 7) is 4.60. The van der Waals surface area contributed by atoms with Gasteiger partial charge in [0, 0.05) is 54.9 Å². The number of aromatic amines is 1. The van der Waals surface area contributed by atoms with Gasteiger partial charge >= 0.3 is 0 Å². The van der Waals surface area contributed by atoms with Crippen LogP contribution in [0.15, 0.2) is 54.7 Å². The van der Waals surface area contributed by atoms with E-state index in [4.69, 9.17) is 4.74 Å². The molecule has 1 unspecified atom stereocenters. The Morgan fingerprint density at radius 2 is 1.83 bits per heavy atom. The normalized spacial score (nSPS) is 15.0. The number of ether oxygens (including phenoxy) is 1. The van der Waals surface area contributed by atoms with Gasteiger partial charge in [-0.3, -0.25) is 9.59 Å². The number of hydrogen-bond acceptors (Lipinski definition) is 4. The van der Waals surface area contributed by atoms with E-state index in [2.05, 4.69) is 20.5 Å². The maximum Gasteiger partial charge on any atom is 0.247 e. The Kier molecular flexibility index (Phi) is 5.99. The van der Waals surface area contributed by atoms with Crippen molar-refractivity contribution < 1.29 is 14.3 Å². The fourth-order valence-corrected chi connectivity index (χ4v) is 3.78. The Hall–Kier alpha value is -3.32. The minimum Gasteiger partial charge on any atom is -0.378 e. The maximum atomic E-state index is 12.9. The van der Waals surface area contributed by atoms with Gasteiger partial charge in [-0.25, -0.2) is 0 Å². The van der Waals surface area contributed by atoms with Crippen LogP contribution in [0.25, 0.3) is 10.9 Å². The molecule has 1 aliphatic heterocycles.